The zero-order chi connectivity index (χ0) is 35.6. The van der Waals surface area contributed by atoms with E-state index in [1.54, 1.807) is 0 Å². The molecule has 49 heavy (non-hydrogen) atoms. The highest BCUT2D eigenvalue weighted by Gasteiger charge is 2.13. The first kappa shape index (κ1) is 46.3. The second-order valence-electron chi connectivity index (χ2n) is 12.6. The molecule has 4 heteroatoms. The summed E-state index contributed by atoms with van der Waals surface area (Å²) in [7, 11) is 0. The van der Waals surface area contributed by atoms with Crippen LogP contribution in [0.4, 0.5) is 0 Å². The monoisotopic (exact) mass is 679 g/mol. The number of carbonyl (C=O) groups excluding carboxylic acids is 1. The normalized spacial score (nSPS) is 13.4. The van der Waals surface area contributed by atoms with Gasteiger partial charge in [0.25, 0.3) is 0 Å². The largest absolute Gasteiger partial charge is 0.457 e. The first-order chi connectivity index (χ1) is 24.2. The van der Waals surface area contributed by atoms with Crippen LogP contribution in [0.15, 0.2) is 97.2 Å². The summed E-state index contributed by atoms with van der Waals surface area (Å²) in [5.74, 6) is -0.288. The van der Waals surface area contributed by atoms with Gasteiger partial charge in [0, 0.05) is 13.0 Å². The van der Waals surface area contributed by atoms with Crippen molar-refractivity contribution in [3.63, 3.8) is 0 Å². The van der Waals surface area contributed by atoms with Gasteiger partial charge in [-0.05, 0) is 83.5 Å². The maximum atomic E-state index is 12.1. The van der Waals surface area contributed by atoms with E-state index in [2.05, 4.69) is 105 Å². The molecule has 278 valence electrons. The van der Waals surface area contributed by atoms with Gasteiger partial charge in [0.15, 0.2) is 0 Å². The highest BCUT2D eigenvalue weighted by molar-refractivity contribution is 5.69. The quantitative estimate of drug-likeness (QED) is 0.0412. The molecule has 0 fully saturated rings. The molecule has 0 rings (SSSR count). The zero-order valence-corrected chi connectivity index (χ0v) is 31.7. The minimum Gasteiger partial charge on any atom is -0.457 e. The van der Waals surface area contributed by atoms with E-state index >= 15 is 0 Å². The Hall–Kier alpha value is -2.69. The molecular formula is C45H74O4. The molecule has 1 N–H and O–H groups in total. The lowest BCUT2D eigenvalue weighted by atomic mass is 10.1. The average molecular weight is 679 g/mol. The number of rotatable bonds is 35. The molecule has 0 aromatic carbocycles. The van der Waals surface area contributed by atoms with Crippen LogP contribution in [0.25, 0.3) is 0 Å². The molecule has 0 saturated carbocycles. The lowest BCUT2D eigenvalue weighted by Gasteiger charge is -2.15. The molecule has 1 atom stereocenters. The van der Waals surface area contributed by atoms with Crippen molar-refractivity contribution < 1.29 is 19.4 Å². The molecule has 0 aromatic rings. The van der Waals surface area contributed by atoms with Gasteiger partial charge in [-0.15, -0.1) is 0 Å². The van der Waals surface area contributed by atoms with Gasteiger partial charge < -0.3 is 14.6 Å². The van der Waals surface area contributed by atoms with E-state index in [0.717, 1.165) is 57.8 Å². The van der Waals surface area contributed by atoms with Gasteiger partial charge in [-0.25, -0.2) is 0 Å². The fraction of sp³-hybridized carbons (Fsp3) is 0.622. The van der Waals surface area contributed by atoms with E-state index < -0.39 is 6.10 Å². The maximum absolute atomic E-state index is 12.1. The molecule has 0 aliphatic carbocycles. The molecule has 0 heterocycles. The fourth-order valence-corrected chi connectivity index (χ4v) is 4.97. The third-order valence-electron chi connectivity index (χ3n) is 7.91. The molecule has 1 unspecified atom stereocenters. The summed E-state index contributed by atoms with van der Waals surface area (Å²) in [4.78, 5) is 12.1. The standard InChI is InChI=1S/C45H74O4/c1-3-5-7-9-11-13-15-17-19-21-23-24-26-28-30-32-34-36-38-40-45(47)49-44(42-46)43-48-41-39-37-35-33-31-29-27-25-22-20-18-16-14-12-10-8-6-4-2/h5,7,11-14,17-20,23-24,28,30,34,36,44,46H,3-4,6,8-10,15-16,21-22,25-27,29,31-33,35,37-43H2,1-2H3/b7-5-,13-11-,14-12-,19-17-,20-18-,24-23-,30-28-,36-34-. The smallest absolute Gasteiger partial charge is 0.306 e. The maximum Gasteiger partial charge on any atom is 0.306 e. The van der Waals surface area contributed by atoms with Crippen LogP contribution in [0.1, 0.15) is 155 Å². The van der Waals surface area contributed by atoms with Crippen molar-refractivity contribution >= 4 is 5.97 Å². The number of aliphatic hydroxyl groups excluding tert-OH is 1. The van der Waals surface area contributed by atoms with Gasteiger partial charge in [0.05, 0.1) is 13.2 Å². The Labute approximate surface area is 302 Å². The summed E-state index contributed by atoms with van der Waals surface area (Å²) in [5, 5.41) is 9.57. The summed E-state index contributed by atoms with van der Waals surface area (Å²) in [6.07, 6.45) is 58.9. The van der Waals surface area contributed by atoms with Crippen molar-refractivity contribution in [2.24, 2.45) is 0 Å². The van der Waals surface area contributed by atoms with Crippen molar-refractivity contribution in [3.05, 3.63) is 97.2 Å². The Morgan fingerprint density at radius 1 is 0.510 bits per heavy atom. The average Bonchev–Trinajstić information content (AvgIpc) is 3.11. The molecule has 0 bridgehead atoms. The first-order valence-corrected chi connectivity index (χ1v) is 19.8. The van der Waals surface area contributed by atoms with Crippen LogP contribution < -0.4 is 0 Å². The van der Waals surface area contributed by atoms with E-state index in [0.29, 0.717) is 19.4 Å². The SMILES string of the molecule is CC/C=C\C/C=C\C/C=C\C/C=C\C/C=C\C/C=C\CCC(=O)OC(CO)COCCCCCCCCCC/C=C\C/C=C\CCCCC. The van der Waals surface area contributed by atoms with Gasteiger partial charge in [0.1, 0.15) is 6.10 Å². The van der Waals surface area contributed by atoms with Crippen LogP contribution in [-0.2, 0) is 14.3 Å². The van der Waals surface area contributed by atoms with Crippen LogP contribution in [0.3, 0.4) is 0 Å². The summed E-state index contributed by atoms with van der Waals surface area (Å²) in [6.45, 7) is 5.09. The minimum absolute atomic E-state index is 0.211. The van der Waals surface area contributed by atoms with Crippen LogP contribution in [-0.4, -0.2) is 37.0 Å². The topological polar surface area (TPSA) is 55.8 Å². The number of aliphatic hydroxyl groups is 1. The molecule has 4 nitrogen and oxygen atoms in total. The number of hydrogen-bond donors (Lipinski definition) is 1. The van der Waals surface area contributed by atoms with Gasteiger partial charge in [-0.1, -0.05) is 162 Å². The Bertz CT molecular complexity index is 934. The van der Waals surface area contributed by atoms with Crippen LogP contribution in [0.5, 0.6) is 0 Å². The molecular weight excluding hydrogens is 604 g/mol. The second kappa shape index (κ2) is 41.5. The second-order valence-corrected chi connectivity index (χ2v) is 12.6. The number of esters is 1. The van der Waals surface area contributed by atoms with Crippen molar-refractivity contribution in [1.29, 1.82) is 0 Å². The summed E-state index contributed by atoms with van der Waals surface area (Å²) in [6, 6.07) is 0. The van der Waals surface area contributed by atoms with Crippen molar-refractivity contribution in [3.8, 4) is 0 Å². The summed E-state index contributed by atoms with van der Waals surface area (Å²) < 4.78 is 11.1. The minimum atomic E-state index is -0.584. The van der Waals surface area contributed by atoms with Crippen LogP contribution >= 0.6 is 0 Å². The van der Waals surface area contributed by atoms with Crippen LogP contribution in [0.2, 0.25) is 0 Å². The number of ether oxygens (including phenoxy) is 2. The van der Waals surface area contributed by atoms with Gasteiger partial charge in [-0.2, -0.15) is 0 Å². The highest BCUT2D eigenvalue weighted by Crippen LogP contribution is 2.11. The van der Waals surface area contributed by atoms with Crippen molar-refractivity contribution in [2.45, 2.75) is 161 Å². The van der Waals surface area contributed by atoms with E-state index in [9.17, 15) is 9.90 Å². The van der Waals surface area contributed by atoms with Crippen molar-refractivity contribution in [1.82, 2.24) is 0 Å². The third-order valence-corrected chi connectivity index (χ3v) is 7.91. The molecule has 0 aliphatic heterocycles. The fourth-order valence-electron chi connectivity index (χ4n) is 4.97. The first-order valence-electron chi connectivity index (χ1n) is 19.8. The van der Waals surface area contributed by atoms with E-state index in [-0.39, 0.29) is 19.2 Å². The number of carbonyl (C=O) groups is 1. The van der Waals surface area contributed by atoms with E-state index in [1.807, 2.05) is 6.08 Å². The van der Waals surface area contributed by atoms with Gasteiger partial charge in [-0.3, -0.25) is 4.79 Å². The molecule has 0 aromatic heterocycles. The van der Waals surface area contributed by atoms with E-state index in [4.69, 9.17) is 9.47 Å². The van der Waals surface area contributed by atoms with Gasteiger partial charge >= 0.3 is 5.97 Å². The van der Waals surface area contributed by atoms with Crippen LogP contribution in [0, 0.1) is 0 Å². The summed E-state index contributed by atoms with van der Waals surface area (Å²) in [5.41, 5.74) is 0. The Balaban J connectivity index is 3.62. The number of hydrogen-bond acceptors (Lipinski definition) is 4. The van der Waals surface area contributed by atoms with Gasteiger partial charge in [0.2, 0.25) is 0 Å². The molecule has 0 amide bonds. The summed E-state index contributed by atoms with van der Waals surface area (Å²) >= 11 is 0. The molecule has 0 saturated heterocycles. The molecule has 0 spiro atoms. The predicted molar refractivity (Wildman–Crippen MR) is 214 cm³/mol. The zero-order valence-electron chi connectivity index (χ0n) is 31.7. The number of allylic oxidation sites excluding steroid dienone is 16. The molecule has 0 radical (unpaired) electrons. The lowest BCUT2D eigenvalue weighted by molar-refractivity contribution is -0.154. The van der Waals surface area contributed by atoms with E-state index in [1.165, 1.54) is 70.6 Å². The predicted octanol–water partition coefficient (Wildman–Crippen LogP) is 13.0. The highest BCUT2D eigenvalue weighted by atomic mass is 16.6. The Morgan fingerprint density at radius 3 is 1.39 bits per heavy atom. The Morgan fingerprint density at radius 2 is 0.918 bits per heavy atom. The number of unbranched alkanes of at least 4 members (excludes halogenated alkanes) is 11. The Kier molecular flexibility index (Phi) is 39.2. The third kappa shape index (κ3) is 39.6. The van der Waals surface area contributed by atoms with Crippen molar-refractivity contribution in [2.75, 3.05) is 19.8 Å². The molecule has 0 aliphatic rings. The lowest BCUT2D eigenvalue weighted by Crippen LogP contribution is -2.27.